The topological polar surface area (TPSA) is 100 Å². The van der Waals surface area contributed by atoms with Gasteiger partial charge in [0.1, 0.15) is 0 Å². The summed E-state index contributed by atoms with van der Waals surface area (Å²) in [6.07, 6.45) is 2.52. The SMILES string of the molecule is CC(C)(C)n1cc(CN2CCN(CC(=O)NC3CCS(=O)(=O)C3)CC2)nn1. The number of hydrogen-bond donors (Lipinski definition) is 1. The Hall–Kier alpha value is -1.52. The van der Waals surface area contributed by atoms with Crippen molar-refractivity contribution in [1.29, 1.82) is 0 Å². The van der Waals surface area contributed by atoms with Crippen LogP contribution in [0.4, 0.5) is 0 Å². The van der Waals surface area contributed by atoms with Crippen molar-refractivity contribution in [1.82, 2.24) is 30.1 Å². The van der Waals surface area contributed by atoms with Gasteiger partial charge in [-0.25, -0.2) is 13.1 Å². The Morgan fingerprint density at radius 2 is 1.89 bits per heavy atom. The predicted octanol–water partition coefficient (Wildman–Crippen LogP) is -0.546. The fraction of sp³-hybridized carbons (Fsp3) is 0.824. The molecule has 1 aromatic rings. The molecule has 0 radical (unpaired) electrons. The Kier molecular flexibility index (Phi) is 5.87. The zero-order valence-electron chi connectivity index (χ0n) is 16.4. The number of nitrogens with one attached hydrogen (secondary N) is 1. The molecule has 3 rings (SSSR count). The summed E-state index contributed by atoms with van der Waals surface area (Å²) in [5, 5.41) is 11.3. The molecule has 0 saturated carbocycles. The van der Waals surface area contributed by atoms with E-state index in [0.29, 0.717) is 13.0 Å². The van der Waals surface area contributed by atoms with E-state index in [-0.39, 0.29) is 29.0 Å². The van der Waals surface area contributed by atoms with Crippen LogP contribution < -0.4 is 5.32 Å². The first-order valence-electron chi connectivity index (χ1n) is 9.47. The minimum absolute atomic E-state index is 0.0712. The summed E-state index contributed by atoms with van der Waals surface area (Å²) >= 11 is 0. The van der Waals surface area contributed by atoms with Gasteiger partial charge < -0.3 is 5.32 Å². The van der Waals surface area contributed by atoms with E-state index < -0.39 is 9.84 Å². The van der Waals surface area contributed by atoms with E-state index in [1.165, 1.54) is 0 Å². The zero-order valence-corrected chi connectivity index (χ0v) is 17.2. The lowest BCUT2D eigenvalue weighted by Gasteiger charge is -2.34. The molecule has 1 atom stereocenters. The Labute approximate surface area is 161 Å². The first-order chi connectivity index (χ1) is 12.6. The molecular weight excluding hydrogens is 368 g/mol. The molecule has 0 spiro atoms. The first-order valence-corrected chi connectivity index (χ1v) is 11.3. The van der Waals surface area contributed by atoms with Crippen LogP contribution in [0.2, 0.25) is 0 Å². The normalized spacial score (nSPS) is 24.2. The van der Waals surface area contributed by atoms with Gasteiger partial charge in [0.15, 0.2) is 9.84 Å². The van der Waals surface area contributed by atoms with Crippen LogP contribution in [0.3, 0.4) is 0 Å². The third-order valence-corrected chi connectivity index (χ3v) is 6.81. The van der Waals surface area contributed by atoms with E-state index in [1.54, 1.807) is 0 Å². The molecule has 2 saturated heterocycles. The second-order valence-corrected chi connectivity index (χ2v) is 10.8. The standard InChI is InChI=1S/C17H30N6O3S/c1-17(2,3)23-11-15(19-20-23)10-21-5-7-22(8-6-21)12-16(24)18-14-4-9-27(25,26)13-14/h11,14H,4-10,12-13H2,1-3H3,(H,18,24). The average molecular weight is 399 g/mol. The molecule has 1 amide bonds. The van der Waals surface area contributed by atoms with Crippen LogP contribution in [0.5, 0.6) is 0 Å². The number of rotatable bonds is 5. The number of carbonyl (C=O) groups excluding carboxylic acids is 1. The van der Waals surface area contributed by atoms with Gasteiger partial charge in [0, 0.05) is 38.8 Å². The van der Waals surface area contributed by atoms with E-state index in [4.69, 9.17) is 0 Å². The largest absolute Gasteiger partial charge is 0.351 e. The number of carbonyl (C=O) groups is 1. The molecule has 1 unspecified atom stereocenters. The molecule has 152 valence electrons. The highest BCUT2D eigenvalue weighted by Gasteiger charge is 2.29. The number of nitrogens with zero attached hydrogens (tertiary/aromatic N) is 5. The number of aromatic nitrogens is 3. The first kappa shape index (κ1) is 20.2. The summed E-state index contributed by atoms with van der Waals surface area (Å²) in [5.74, 6) is 0.164. The Morgan fingerprint density at radius 3 is 2.44 bits per heavy atom. The van der Waals surface area contributed by atoms with Crippen molar-refractivity contribution in [3.63, 3.8) is 0 Å². The molecule has 3 heterocycles. The van der Waals surface area contributed by atoms with Gasteiger partial charge in [-0.1, -0.05) is 5.21 Å². The van der Waals surface area contributed by atoms with Crippen molar-refractivity contribution in [3.05, 3.63) is 11.9 Å². The molecule has 2 aliphatic rings. The molecule has 10 heteroatoms. The lowest BCUT2D eigenvalue weighted by atomic mass is 10.1. The smallest absolute Gasteiger partial charge is 0.234 e. The molecule has 0 aromatic carbocycles. The van der Waals surface area contributed by atoms with Crippen molar-refractivity contribution in [2.45, 2.75) is 45.3 Å². The molecule has 2 aliphatic heterocycles. The van der Waals surface area contributed by atoms with Crippen LogP contribution in [0.15, 0.2) is 6.20 Å². The van der Waals surface area contributed by atoms with Crippen molar-refractivity contribution in [2.75, 3.05) is 44.2 Å². The highest BCUT2D eigenvalue weighted by molar-refractivity contribution is 7.91. The molecule has 1 aromatic heterocycles. The van der Waals surface area contributed by atoms with E-state index in [2.05, 4.69) is 46.2 Å². The molecule has 27 heavy (non-hydrogen) atoms. The lowest BCUT2D eigenvalue weighted by molar-refractivity contribution is -0.123. The zero-order chi connectivity index (χ0) is 19.7. The number of piperazine rings is 1. The van der Waals surface area contributed by atoms with Crippen molar-refractivity contribution in [3.8, 4) is 0 Å². The van der Waals surface area contributed by atoms with Gasteiger partial charge in [-0.05, 0) is 27.2 Å². The van der Waals surface area contributed by atoms with Crippen LogP contribution in [-0.4, -0.2) is 89.4 Å². The van der Waals surface area contributed by atoms with Gasteiger partial charge in [0.2, 0.25) is 5.91 Å². The summed E-state index contributed by atoms with van der Waals surface area (Å²) in [5.41, 5.74) is 0.884. The fourth-order valence-electron chi connectivity index (χ4n) is 3.42. The molecular formula is C17H30N6O3S. The van der Waals surface area contributed by atoms with E-state index >= 15 is 0 Å². The van der Waals surface area contributed by atoms with E-state index in [9.17, 15) is 13.2 Å². The van der Waals surface area contributed by atoms with E-state index in [0.717, 1.165) is 38.4 Å². The third-order valence-electron chi connectivity index (χ3n) is 5.04. The van der Waals surface area contributed by atoms with Crippen LogP contribution >= 0.6 is 0 Å². The highest BCUT2D eigenvalue weighted by Crippen LogP contribution is 2.14. The summed E-state index contributed by atoms with van der Waals surface area (Å²) in [7, 11) is -2.97. The minimum atomic E-state index is -2.97. The van der Waals surface area contributed by atoms with Gasteiger partial charge in [-0.3, -0.25) is 14.6 Å². The van der Waals surface area contributed by atoms with Crippen LogP contribution in [-0.2, 0) is 26.7 Å². The van der Waals surface area contributed by atoms with Crippen molar-refractivity contribution >= 4 is 15.7 Å². The monoisotopic (exact) mass is 398 g/mol. The number of sulfone groups is 1. The Bertz CT molecular complexity index is 762. The third kappa shape index (κ3) is 5.73. The van der Waals surface area contributed by atoms with Crippen LogP contribution in [0.25, 0.3) is 0 Å². The summed E-state index contributed by atoms with van der Waals surface area (Å²) in [4.78, 5) is 16.6. The van der Waals surface area contributed by atoms with Crippen molar-refractivity contribution < 1.29 is 13.2 Å². The maximum absolute atomic E-state index is 12.2. The summed E-state index contributed by atoms with van der Waals surface area (Å²) < 4.78 is 24.8. The molecule has 9 nitrogen and oxygen atoms in total. The number of hydrogen-bond acceptors (Lipinski definition) is 7. The summed E-state index contributed by atoms with van der Waals surface area (Å²) in [6, 6.07) is -0.228. The van der Waals surface area contributed by atoms with Crippen molar-refractivity contribution in [2.24, 2.45) is 0 Å². The maximum atomic E-state index is 12.2. The maximum Gasteiger partial charge on any atom is 0.234 e. The second kappa shape index (κ2) is 7.84. The average Bonchev–Trinajstić information content (AvgIpc) is 3.15. The van der Waals surface area contributed by atoms with Crippen LogP contribution in [0, 0.1) is 0 Å². The molecule has 1 N–H and O–H groups in total. The fourth-order valence-corrected chi connectivity index (χ4v) is 5.09. The van der Waals surface area contributed by atoms with Crippen LogP contribution in [0.1, 0.15) is 32.9 Å². The van der Waals surface area contributed by atoms with E-state index in [1.807, 2.05) is 10.9 Å². The van der Waals surface area contributed by atoms with Gasteiger partial charge in [-0.2, -0.15) is 0 Å². The molecule has 2 fully saturated rings. The van der Waals surface area contributed by atoms with Gasteiger partial charge in [-0.15, -0.1) is 5.10 Å². The Morgan fingerprint density at radius 1 is 1.22 bits per heavy atom. The number of amides is 1. The quantitative estimate of drug-likeness (QED) is 0.710. The van der Waals surface area contributed by atoms with Gasteiger partial charge in [0.25, 0.3) is 0 Å². The predicted molar refractivity (Wildman–Crippen MR) is 102 cm³/mol. The highest BCUT2D eigenvalue weighted by atomic mass is 32.2. The lowest BCUT2D eigenvalue weighted by Crippen LogP contribution is -2.50. The van der Waals surface area contributed by atoms with Gasteiger partial charge in [0.05, 0.1) is 35.5 Å². The van der Waals surface area contributed by atoms with Gasteiger partial charge >= 0.3 is 0 Å². The molecule has 0 aliphatic carbocycles. The second-order valence-electron chi connectivity index (χ2n) is 8.55. The summed E-state index contributed by atoms with van der Waals surface area (Å²) in [6.45, 7) is 10.7. The Balaban J connectivity index is 1.40. The molecule has 0 bridgehead atoms. The minimum Gasteiger partial charge on any atom is -0.351 e.